The fourth-order valence-electron chi connectivity index (χ4n) is 2.09. The Bertz CT molecular complexity index is 967. The van der Waals surface area contributed by atoms with Crippen LogP contribution in [0.4, 0.5) is 0 Å². The zero-order valence-electron chi connectivity index (χ0n) is 11.8. The molecule has 8 heteroatoms. The Morgan fingerprint density at radius 1 is 1.18 bits per heavy atom. The number of aryl methyl sites for hydroxylation is 1. The van der Waals surface area contributed by atoms with Crippen molar-refractivity contribution >= 4 is 37.0 Å². The number of hydrogen-bond acceptors (Lipinski definition) is 5. The molecule has 0 atom stereocenters. The summed E-state index contributed by atoms with van der Waals surface area (Å²) in [4.78, 5) is 0.0833. The summed E-state index contributed by atoms with van der Waals surface area (Å²) < 4.78 is 32.3. The summed E-state index contributed by atoms with van der Waals surface area (Å²) in [7, 11) is -2.37. The highest BCUT2D eigenvalue weighted by Crippen LogP contribution is 2.29. The normalized spacial score (nSPS) is 11.8. The first-order chi connectivity index (χ1) is 10.4. The minimum atomic E-state index is -3.84. The van der Waals surface area contributed by atoms with Crippen molar-refractivity contribution in [3.05, 3.63) is 46.4 Å². The molecule has 0 aliphatic heterocycles. The molecule has 0 unspecified atom stereocenters. The fourth-order valence-corrected chi connectivity index (χ4v) is 3.74. The zero-order chi connectivity index (χ0) is 15.9. The van der Waals surface area contributed by atoms with Crippen molar-refractivity contribution in [1.29, 1.82) is 0 Å². The van der Waals surface area contributed by atoms with Gasteiger partial charge in [-0.3, -0.25) is 0 Å². The van der Waals surface area contributed by atoms with Crippen molar-refractivity contribution in [2.45, 2.75) is 11.8 Å². The van der Waals surface area contributed by atoms with Gasteiger partial charge in [0.25, 0.3) is 10.0 Å². The van der Waals surface area contributed by atoms with Crippen LogP contribution in [0.15, 0.2) is 45.8 Å². The van der Waals surface area contributed by atoms with Crippen molar-refractivity contribution in [2.75, 3.05) is 7.11 Å². The molecule has 0 spiro atoms. The summed E-state index contributed by atoms with van der Waals surface area (Å²) in [5.41, 5.74) is 1.96. The molecule has 0 amide bonds. The van der Waals surface area contributed by atoms with E-state index in [1.54, 1.807) is 18.2 Å². The molecule has 0 radical (unpaired) electrons. The van der Waals surface area contributed by atoms with E-state index in [2.05, 4.69) is 26.2 Å². The van der Waals surface area contributed by atoms with E-state index in [0.717, 1.165) is 9.65 Å². The first-order valence-corrected chi connectivity index (χ1v) is 8.58. The number of nitrogens with zero attached hydrogens (tertiary/aromatic N) is 3. The van der Waals surface area contributed by atoms with E-state index in [4.69, 9.17) is 4.74 Å². The third-order valence-corrected chi connectivity index (χ3v) is 5.45. The maximum Gasteiger partial charge on any atom is 0.285 e. The molecular formula is C14H12BrN3O3S. The first-order valence-electron chi connectivity index (χ1n) is 6.34. The second-order valence-electron chi connectivity index (χ2n) is 4.73. The predicted molar refractivity (Wildman–Crippen MR) is 85.5 cm³/mol. The van der Waals surface area contributed by atoms with Crippen LogP contribution in [0.1, 0.15) is 5.56 Å². The number of ether oxygens (including phenoxy) is 1. The van der Waals surface area contributed by atoms with Gasteiger partial charge < -0.3 is 4.74 Å². The van der Waals surface area contributed by atoms with Crippen LogP contribution in [0.3, 0.4) is 0 Å². The van der Waals surface area contributed by atoms with Crippen molar-refractivity contribution in [2.24, 2.45) is 0 Å². The molecule has 114 valence electrons. The number of methoxy groups -OCH3 is 1. The number of halogens is 1. The van der Waals surface area contributed by atoms with Gasteiger partial charge in [0, 0.05) is 6.07 Å². The van der Waals surface area contributed by atoms with Crippen molar-refractivity contribution in [3.8, 4) is 5.75 Å². The topological polar surface area (TPSA) is 74.1 Å². The first kappa shape index (κ1) is 15.0. The van der Waals surface area contributed by atoms with Gasteiger partial charge in [0.2, 0.25) is 0 Å². The largest absolute Gasteiger partial charge is 0.496 e. The maximum atomic E-state index is 12.8. The van der Waals surface area contributed by atoms with E-state index in [1.807, 2.05) is 13.0 Å². The van der Waals surface area contributed by atoms with Gasteiger partial charge in [-0.05, 0) is 52.7 Å². The Kier molecular flexibility index (Phi) is 3.65. The summed E-state index contributed by atoms with van der Waals surface area (Å²) in [6, 6.07) is 9.86. The van der Waals surface area contributed by atoms with E-state index in [-0.39, 0.29) is 4.90 Å². The lowest BCUT2D eigenvalue weighted by molar-refractivity contribution is 0.410. The second kappa shape index (κ2) is 5.36. The zero-order valence-corrected chi connectivity index (χ0v) is 14.2. The summed E-state index contributed by atoms with van der Waals surface area (Å²) in [6.07, 6.45) is 0. The van der Waals surface area contributed by atoms with Gasteiger partial charge >= 0.3 is 0 Å². The molecule has 0 aliphatic rings. The maximum absolute atomic E-state index is 12.8. The van der Waals surface area contributed by atoms with Crippen LogP contribution in [0, 0.1) is 6.92 Å². The van der Waals surface area contributed by atoms with Gasteiger partial charge in [0.05, 0.1) is 16.5 Å². The van der Waals surface area contributed by atoms with E-state index in [0.29, 0.717) is 21.3 Å². The molecule has 0 bridgehead atoms. The predicted octanol–water partition coefficient (Wildman–Crippen LogP) is 2.75. The molecule has 2 aromatic carbocycles. The SMILES string of the molecule is COc1cc(S(=O)(=O)n2nnc3cc(C)ccc32)ccc1Br. The van der Waals surface area contributed by atoms with E-state index < -0.39 is 10.0 Å². The lowest BCUT2D eigenvalue weighted by atomic mass is 10.2. The smallest absolute Gasteiger partial charge is 0.285 e. The van der Waals surface area contributed by atoms with Gasteiger partial charge in [0.1, 0.15) is 16.8 Å². The van der Waals surface area contributed by atoms with Gasteiger partial charge in [0.15, 0.2) is 0 Å². The third kappa shape index (κ3) is 2.38. The molecule has 0 saturated heterocycles. The molecule has 1 heterocycles. The number of hydrogen-bond donors (Lipinski definition) is 0. The van der Waals surface area contributed by atoms with Crippen LogP contribution in [0.5, 0.6) is 5.75 Å². The number of rotatable bonds is 3. The Hall–Kier alpha value is -1.93. The second-order valence-corrected chi connectivity index (χ2v) is 7.35. The highest BCUT2D eigenvalue weighted by molar-refractivity contribution is 9.10. The number of benzene rings is 2. The number of aromatic nitrogens is 3. The molecule has 22 heavy (non-hydrogen) atoms. The highest BCUT2D eigenvalue weighted by atomic mass is 79.9. The molecule has 0 saturated carbocycles. The minimum Gasteiger partial charge on any atom is -0.496 e. The molecule has 3 aromatic rings. The van der Waals surface area contributed by atoms with Crippen LogP contribution >= 0.6 is 15.9 Å². The molecule has 0 N–H and O–H groups in total. The Balaban J connectivity index is 2.20. The van der Waals surface area contributed by atoms with Crippen LogP contribution in [0.2, 0.25) is 0 Å². The highest BCUT2D eigenvalue weighted by Gasteiger charge is 2.22. The summed E-state index contributed by atoms with van der Waals surface area (Å²) in [6.45, 7) is 1.91. The summed E-state index contributed by atoms with van der Waals surface area (Å²) >= 11 is 3.30. The van der Waals surface area contributed by atoms with Gasteiger partial charge in [-0.2, -0.15) is 8.42 Å². The lowest BCUT2D eigenvalue weighted by Crippen LogP contribution is -2.14. The average molecular weight is 382 g/mol. The van der Waals surface area contributed by atoms with Crippen LogP contribution in [-0.2, 0) is 10.0 Å². The van der Waals surface area contributed by atoms with Crippen LogP contribution < -0.4 is 4.74 Å². The van der Waals surface area contributed by atoms with E-state index >= 15 is 0 Å². The third-order valence-electron chi connectivity index (χ3n) is 3.22. The molecule has 0 fully saturated rings. The molecule has 0 aliphatic carbocycles. The summed E-state index contributed by atoms with van der Waals surface area (Å²) in [5.74, 6) is 0.432. The van der Waals surface area contributed by atoms with E-state index in [9.17, 15) is 8.42 Å². The van der Waals surface area contributed by atoms with Crippen molar-refractivity contribution in [1.82, 2.24) is 14.4 Å². The Morgan fingerprint density at radius 2 is 1.95 bits per heavy atom. The molecule has 3 rings (SSSR count). The summed E-state index contributed by atoms with van der Waals surface area (Å²) in [5, 5.41) is 7.71. The van der Waals surface area contributed by atoms with Crippen molar-refractivity contribution < 1.29 is 13.2 Å². The molecular weight excluding hydrogens is 370 g/mol. The average Bonchev–Trinajstić information content (AvgIpc) is 2.91. The fraction of sp³-hybridized carbons (Fsp3) is 0.143. The Labute approximate surface area is 135 Å². The van der Waals surface area contributed by atoms with Crippen LogP contribution in [0.25, 0.3) is 11.0 Å². The van der Waals surface area contributed by atoms with Gasteiger partial charge in [-0.15, -0.1) is 9.19 Å². The lowest BCUT2D eigenvalue weighted by Gasteiger charge is -2.08. The minimum absolute atomic E-state index is 0.0833. The van der Waals surface area contributed by atoms with Crippen molar-refractivity contribution in [3.63, 3.8) is 0 Å². The van der Waals surface area contributed by atoms with Crippen LogP contribution in [-0.4, -0.2) is 29.9 Å². The monoisotopic (exact) mass is 381 g/mol. The van der Waals surface area contributed by atoms with Gasteiger partial charge in [-0.25, -0.2) is 0 Å². The standard InChI is InChI=1S/C14H12BrN3O3S/c1-9-3-6-13-12(7-9)16-17-18(13)22(19,20)10-4-5-11(15)14(8-10)21-2/h3-8H,1-2H3. The Morgan fingerprint density at radius 3 is 2.68 bits per heavy atom. The number of fused-ring (bicyclic) bond motifs is 1. The van der Waals surface area contributed by atoms with E-state index in [1.165, 1.54) is 19.2 Å². The molecule has 1 aromatic heterocycles. The van der Waals surface area contributed by atoms with Gasteiger partial charge in [-0.1, -0.05) is 11.3 Å². The molecule has 6 nitrogen and oxygen atoms in total. The quantitative estimate of drug-likeness (QED) is 0.697.